The fraction of sp³-hybridized carbons (Fsp3) is 0.355. The maximum atomic E-state index is 13.9. The Morgan fingerprint density at radius 1 is 1.18 bits per heavy atom. The van der Waals surface area contributed by atoms with Crippen molar-refractivity contribution in [2.24, 2.45) is 5.92 Å². The summed E-state index contributed by atoms with van der Waals surface area (Å²) in [7, 11) is -4.04. The number of halogens is 1. The first-order valence-electron chi connectivity index (χ1n) is 14.5. The van der Waals surface area contributed by atoms with Crippen molar-refractivity contribution in [3.05, 3.63) is 83.8 Å². The van der Waals surface area contributed by atoms with Crippen LogP contribution in [0.5, 0.6) is 0 Å². The number of aliphatic hydroxyl groups is 1. The number of anilines is 1. The van der Waals surface area contributed by atoms with Crippen LogP contribution in [-0.4, -0.2) is 77.7 Å². The molecule has 4 atom stereocenters. The van der Waals surface area contributed by atoms with E-state index >= 15 is 0 Å². The van der Waals surface area contributed by atoms with E-state index < -0.39 is 46.1 Å². The number of rotatable bonds is 13. The summed E-state index contributed by atoms with van der Waals surface area (Å²) in [4.78, 5) is 35.3. The molecule has 2 aromatic carbocycles. The van der Waals surface area contributed by atoms with Crippen LogP contribution in [0.4, 0.5) is 15.0 Å². The van der Waals surface area contributed by atoms with Crippen LogP contribution >= 0.6 is 11.3 Å². The number of hydrogen-bond acceptors (Lipinski definition) is 9. The van der Waals surface area contributed by atoms with Crippen molar-refractivity contribution in [2.45, 2.75) is 49.8 Å². The molecule has 0 spiro atoms. The third-order valence-corrected chi connectivity index (χ3v) is 10.3. The first-order valence-corrected chi connectivity index (χ1v) is 16.8. The van der Waals surface area contributed by atoms with Gasteiger partial charge >= 0.3 is 6.09 Å². The minimum Gasteiger partial charge on any atom is -0.434 e. The third-order valence-electron chi connectivity index (χ3n) is 7.73. The lowest BCUT2D eigenvalue weighted by Crippen LogP contribution is -2.53. The predicted octanol–water partition coefficient (Wildman–Crippen LogP) is 3.98. The number of sulfonamides is 1. The van der Waals surface area contributed by atoms with Crippen LogP contribution in [-0.2, 0) is 26.0 Å². The van der Waals surface area contributed by atoms with Gasteiger partial charge in [0, 0.05) is 13.1 Å². The van der Waals surface area contributed by atoms with Gasteiger partial charge in [-0.05, 0) is 48.2 Å². The van der Waals surface area contributed by atoms with E-state index in [4.69, 9.17) is 4.74 Å². The molecule has 2 amide bonds. The van der Waals surface area contributed by atoms with E-state index in [1.165, 1.54) is 27.8 Å². The topological polar surface area (TPSA) is 142 Å². The Bertz CT molecular complexity index is 1740. The summed E-state index contributed by atoms with van der Waals surface area (Å²) in [5.41, 5.74) is 3.14. The zero-order valence-electron chi connectivity index (χ0n) is 24.7. The van der Waals surface area contributed by atoms with Gasteiger partial charge in [-0.15, -0.1) is 11.3 Å². The van der Waals surface area contributed by atoms with Gasteiger partial charge in [0.15, 0.2) is 6.10 Å². The van der Waals surface area contributed by atoms with Crippen molar-refractivity contribution in [1.82, 2.24) is 19.6 Å². The van der Waals surface area contributed by atoms with Crippen LogP contribution in [0.2, 0.25) is 0 Å². The number of nitrogens with one attached hydrogen (secondary N) is 1. The average Bonchev–Trinajstić information content (AvgIpc) is 3.67. The Hall–Kier alpha value is -3.98. The van der Waals surface area contributed by atoms with Crippen molar-refractivity contribution >= 4 is 49.4 Å². The number of hydrogen-bond donors (Lipinski definition) is 2. The number of aliphatic hydroxyl groups excluding tert-OH is 1. The Balaban J connectivity index is 1.37. The molecule has 2 aromatic heterocycles. The standard InChI is InChI=1S/C31H34FN5O6S2/c1-3-20(2)16-36(45(41,42)23-10-11-24-28(14-23)44-19-34-24)17-26(38)25(13-21-7-5-4-6-8-21)35-30(39)27-18-37(31(40)43-27)29-12-9-22(32)15-33-29/h4-12,14-15,19-20,25-27,38H,3,13,16-18H2,1-2H3,(H,35,39)/t20-,25?,26-,27?/m1/s1. The number of pyridine rings is 1. The summed E-state index contributed by atoms with van der Waals surface area (Å²) in [6.07, 6.45) is -1.53. The predicted molar refractivity (Wildman–Crippen MR) is 168 cm³/mol. The van der Waals surface area contributed by atoms with Crippen molar-refractivity contribution in [3.8, 4) is 0 Å². The molecular formula is C31H34FN5O6S2. The monoisotopic (exact) mass is 655 g/mol. The summed E-state index contributed by atoms with van der Waals surface area (Å²) < 4.78 is 48.5. The fourth-order valence-electron chi connectivity index (χ4n) is 4.97. The molecule has 45 heavy (non-hydrogen) atoms. The molecule has 0 aliphatic carbocycles. The molecule has 2 N–H and O–H groups in total. The number of carbonyl (C=O) groups excluding carboxylic acids is 2. The largest absolute Gasteiger partial charge is 0.434 e. The Labute approximate surface area is 264 Å². The molecule has 4 aromatic rings. The zero-order valence-corrected chi connectivity index (χ0v) is 26.4. The van der Waals surface area contributed by atoms with Gasteiger partial charge in [0.05, 0.1) is 45.5 Å². The number of benzene rings is 2. The second-order valence-electron chi connectivity index (χ2n) is 11.0. The van der Waals surface area contributed by atoms with Gasteiger partial charge in [-0.25, -0.2) is 27.6 Å². The van der Waals surface area contributed by atoms with E-state index in [2.05, 4.69) is 15.3 Å². The number of cyclic esters (lactones) is 1. The van der Waals surface area contributed by atoms with Crippen molar-refractivity contribution in [3.63, 3.8) is 0 Å². The van der Waals surface area contributed by atoms with Crippen molar-refractivity contribution in [1.29, 1.82) is 0 Å². The van der Waals surface area contributed by atoms with Gasteiger partial charge in [-0.2, -0.15) is 4.31 Å². The molecule has 14 heteroatoms. The molecule has 3 heterocycles. The lowest BCUT2D eigenvalue weighted by molar-refractivity contribution is -0.129. The fourth-order valence-corrected chi connectivity index (χ4v) is 7.36. The van der Waals surface area contributed by atoms with Crippen LogP contribution in [0.25, 0.3) is 10.2 Å². The van der Waals surface area contributed by atoms with E-state index in [0.717, 1.165) is 27.4 Å². The van der Waals surface area contributed by atoms with Crippen LogP contribution in [0.3, 0.4) is 0 Å². The maximum absolute atomic E-state index is 13.9. The zero-order chi connectivity index (χ0) is 32.1. The number of fused-ring (bicyclic) bond motifs is 1. The van der Waals surface area contributed by atoms with E-state index in [1.54, 1.807) is 17.6 Å². The normalized spacial score (nSPS) is 17.3. The first kappa shape index (κ1) is 32.4. The van der Waals surface area contributed by atoms with Gasteiger partial charge in [-0.3, -0.25) is 9.69 Å². The lowest BCUT2D eigenvalue weighted by atomic mass is 10.0. The summed E-state index contributed by atoms with van der Waals surface area (Å²) in [6, 6.07) is 15.4. The Morgan fingerprint density at radius 2 is 1.96 bits per heavy atom. The van der Waals surface area contributed by atoms with Crippen molar-refractivity contribution < 1.29 is 32.2 Å². The highest BCUT2D eigenvalue weighted by Gasteiger charge is 2.39. The highest BCUT2D eigenvalue weighted by molar-refractivity contribution is 7.89. The van der Waals surface area contributed by atoms with Crippen LogP contribution in [0.1, 0.15) is 25.8 Å². The molecule has 11 nitrogen and oxygen atoms in total. The molecule has 0 bridgehead atoms. The highest BCUT2D eigenvalue weighted by atomic mass is 32.2. The van der Waals surface area contributed by atoms with Gasteiger partial charge in [0.2, 0.25) is 10.0 Å². The summed E-state index contributed by atoms with van der Waals surface area (Å²) in [5, 5.41) is 14.4. The minimum absolute atomic E-state index is 0.00905. The van der Waals surface area contributed by atoms with Crippen molar-refractivity contribution in [2.75, 3.05) is 24.5 Å². The minimum atomic E-state index is -4.04. The van der Waals surface area contributed by atoms with Gasteiger partial charge in [0.25, 0.3) is 5.91 Å². The van der Waals surface area contributed by atoms with Gasteiger partial charge in [-0.1, -0.05) is 50.6 Å². The summed E-state index contributed by atoms with van der Waals surface area (Å²) in [5.74, 6) is -1.13. The molecule has 1 saturated heterocycles. The number of ether oxygens (including phenoxy) is 1. The quantitative estimate of drug-likeness (QED) is 0.220. The van der Waals surface area contributed by atoms with Crippen LogP contribution in [0, 0.1) is 11.7 Å². The molecule has 1 fully saturated rings. The molecule has 2 unspecified atom stereocenters. The second-order valence-corrected chi connectivity index (χ2v) is 13.8. The molecule has 0 radical (unpaired) electrons. The van der Waals surface area contributed by atoms with E-state index in [9.17, 15) is 27.5 Å². The van der Waals surface area contributed by atoms with Crippen LogP contribution < -0.4 is 10.2 Å². The second kappa shape index (κ2) is 14.0. The maximum Gasteiger partial charge on any atom is 0.416 e. The average molecular weight is 656 g/mol. The van der Waals surface area contributed by atoms with Gasteiger partial charge < -0.3 is 15.2 Å². The smallest absolute Gasteiger partial charge is 0.416 e. The van der Waals surface area contributed by atoms with E-state index in [-0.39, 0.29) is 42.7 Å². The summed E-state index contributed by atoms with van der Waals surface area (Å²) >= 11 is 1.34. The molecule has 0 saturated carbocycles. The third kappa shape index (κ3) is 7.64. The highest BCUT2D eigenvalue weighted by Crippen LogP contribution is 2.26. The number of amides is 2. The Morgan fingerprint density at radius 3 is 2.67 bits per heavy atom. The summed E-state index contributed by atoms with van der Waals surface area (Å²) in [6.45, 7) is 3.58. The first-order chi connectivity index (χ1) is 21.5. The van der Waals surface area contributed by atoms with Gasteiger partial charge in [0.1, 0.15) is 11.6 Å². The molecule has 238 valence electrons. The number of nitrogens with zero attached hydrogens (tertiary/aromatic N) is 4. The number of thiazole rings is 1. The number of carbonyl (C=O) groups is 2. The van der Waals surface area contributed by atoms with E-state index in [0.29, 0.717) is 11.9 Å². The SMILES string of the molecule is CC[C@@H](C)CN(C[C@@H](O)C(Cc1ccccc1)NC(=O)C1CN(c2ccc(F)cn2)C(=O)O1)S(=O)(=O)c1ccc2ncsc2c1. The lowest BCUT2D eigenvalue weighted by Gasteiger charge is -2.31. The molecular weight excluding hydrogens is 622 g/mol. The molecule has 1 aliphatic rings. The Kier molecular flexibility index (Phi) is 10.1. The van der Waals surface area contributed by atoms with E-state index in [1.807, 2.05) is 44.2 Å². The number of aromatic nitrogens is 2. The molecule has 5 rings (SSSR count). The van der Waals surface area contributed by atoms with Crippen LogP contribution in [0.15, 0.2) is 77.3 Å². The molecule has 1 aliphatic heterocycles.